The van der Waals surface area contributed by atoms with Crippen LogP contribution in [0.4, 0.5) is 0 Å². The van der Waals surface area contributed by atoms with Crippen molar-refractivity contribution in [2.75, 3.05) is 26.4 Å². The highest BCUT2D eigenvalue weighted by Gasteiger charge is 2.26. The van der Waals surface area contributed by atoms with Crippen LogP contribution in [0.15, 0.2) is 76.7 Å². The van der Waals surface area contributed by atoms with Gasteiger partial charge in [0.05, 0.1) is 13.2 Å². The largest absolute Gasteiger partial charge is 0.494 e. The molecule has 1 aromatic heterocycles. The molecule has 0 saturated carbocycles. The number of aromatic nitrogens is 1. The van der Waals surface area contributed by atoms with Gasteiger partial charge >= 0.3 is 0 Å². The molecule has 2 aromatic carbocycles. The molecule has 0 amide bonds. The molecule has 174 valence electrons. The van der Waals surface area contributed by atoms with Crippen molar-refractivity contribution < 1.29 is 18.9 Å². The zero-order chi connectivity index (χ0) is 23.3. The lowest BCUT2D eigenvalue weighted by Gasteiger charge is -2.07. The minimum atomic E-state index is -0.0692. The van der Waals surface area contributed by atoms with Crippen molar-refractivity contribution in [2.45, 2.75) is 25.9 Å². The molecule has 0 unspecified atom stereocenters. The Hall–Kier alpha value is -3.87. The Morgan fingerprint density at radius 3 is 1.53 bits per heavy atom. The van der Waals surface area contributed by atoms with Crippen molar-refractivity contribution in [1.82, 2.24) is 4.98 Å². The predicted octanol–water partition coefficient (Wildman–Crippen LogP) is 4.92. The van der Waals surface area contributed by atoms with Crippen LogP contribution in [-0.4, -0.2) is 43.2 Å². The van der Waals surface area contributed by atoms with Crippen molar-refractivity contribution in [3.8, 4) is 11.5 Å². The SMILES string of the molecule is CCOc1ccc([C@@H]2COC(c3cccc(C4=N[C@H](c5ccc(OCC)cc5)CO4)n3)=N2)cc1. The number of rotatable bonds is 8. The minimum Gasteiger partial charge on any atom is -0.494 e. The lowest BCUT2D eigenvalue weighted by atomic mass is 10.1. The van der Waals surface area contributed by atoms with E-state index in [9.17, 15) is 0 Å². The number of pyridine rings is 1. The van der Waals surface area contributed by atoms with Gasteiger partial charge < -0.3 is 18.9 Å². The summed E-state index contributed by atoms with van der Waals surface area (Å²) >= 11 is 0. The van der Waals surface area contributed by atoms with Crippen LogP contribution in [0.1, 0.15) is 48.4 Å². The van der Waals surface area contributed by atoms with Crippen LogP contribution in [0.25, 0.3) is 0 Å². The highest BCUT2D eigenvalue weighted by Crippen LogP contribution is 2.28. The molecular formula is C27H27N3O4. The number of benzene rings is 2. The summed E-state index contributed by atoms with van der Waals surface area (Å²) in [7, 11) is 0. The number of aliphatic imine (C=N–C) groups is 2. The molecular weight excluding hydrogens is 430 g/mol. The summed E-state index contributed by atoms with van der Waals surface area (Å²) in [6.07, 6.45) is 0. The second kappa shape index (κ2) is 9.95. The fourth-order valence-corrected chi connectivity index (χ4v) is 3.95. The van der Waals surface area contributed by atoms with Crippen LogP contribution in [0, 0.1) is 0 Å². The highest BCUT2D eigenvalue weighted by atomic mass is 16.5. The fourth-order valence-electron chi connectivity index (χ4n) is 3.95. The van der Waals surface area contributed by atoms with Gasteiger partial charge in [-0.3, -0.25) is 0 Å². The number of hydrogen-bond acceptors (Lipinski definition) is 7. The Bertz CT molecular complexity index is 1100. The van der Waals surface area contributed by atoms with Crippen molar-refractivity contribution in [2.24, 2.45) is 9.98 Å². The van der Waals surface area contributed by atoms with Crippen LogP contribution in [0.3, 0.4) is 0 Å². The molecule has 0 radical (unpaired) electrons. The summed E-state index contributed by atoms with van der Waals surface area (Å²) in [6.45, 7) is 6.19. The monoisotopic (exact) mass is 457 g/mol. The third kappa shape index (κ3) is 4.73. The van der Waals surface area contributed by atoms with Gasteiger partial charge in [0.2, 0.25) is 11.8 Å². The van der Waals surface area contributed by atoms with Crippen molar-refractivity contribution in [3.05, 3.63) is 89.2 Å². The van der Waals surface area contributed by atoms with Gasteiger partial charge in [-0.05, 0) is 61.4 Å². The highest BCUT2D eigenvalue weighted by molar-refractivity contribution is 5.97. The molecule has 0 saturated heterocycles. The van der Waals surface area contributed by atoms with Crippen molar-refractivity contribution in [1.29, 1.82) is 0 Å². The number of hydrogen-bond donors (Lipinski definition) is 0. The smallest absolute Gasteiger partial charge is 0.236 e. The summed E-state index contributed by atoms with van der Waals surface area (Å²) in [4.78, 5) is 14.2. The van der Waals surface area contributed by atoms with E-state index >= 15 is 0 Å². The zero-order valence-electron chi connectivity index (χ0n) is 19.3. The molecule has 34 heavy (non-hydrogen) atoms. The van der Waals surface area contributed by atoms with Gasteiger partial charge in [-0.25, -0.2) is 15.0 Å². The summed E-state index contributed by atoms with van der Waals surface area (Å²) < 4.78 is 22.8. The molecule has 2 aliphatic heterocycles. The Balaban J connectivity index is 1.31. The fraction of sp³-hybridized carbons (Fsp3) is 0.296. The molecule has 0 bridgehead atoms. The molecule has 3 heterocycles. The second-order valence-electron chi connectivity index (χ2n) is 7.93. The average molecular weight is 458 g/mol. The van der Waals surface area contributed by atoms with E-state index in [1.54, 1.807) is 0 Å². The van der Waals surface area contributed by atoms with Gasteiger partial charge in [-0.15, -0.1) is 0 Å². The molecule has 2 aliphatic rings. The normalized spacial score (nSPS) is 19.1. The van der Waals surface area contributed by atoms with Gasteiger partial charge in [0.25, 0.3) is 0 Å². The minimum absolute atomic E-state index is 0.0692. The predicted molar refractivity (Wildman–Crippen MR) is 130 cm³/mol. The summed E-state index contributed by atoms with van der Waals surface area (Å²) in [5.41, 5.74) is 3.50. The van der Waals surface area contributed by atoms with Gasteiger partial charge in [-0.1, -0.05) is 30.3 Å². The second-order valence-corrected chi connectivity index (χ2v) is 7.93. The van der Waals surface area contributed by atoms with Gasteiger partial charge in [0, 0.05) is 0 Å². The molecule has 5 rings (SSSR count). The third-order valence-corrected chi connectivity index (χ3v) is 5.64. The van der Waals surface area contributed by atoms with E-state index in [-0.39, 0.29) is 12.1 Å². The molecule has 2 atom stereocenters. The van der Waals surface area contributed by atoms with Gasteiger partial charge in [0.15, 0.2) is 0 Å². The molecule has 0 N–H and O–H groups in total. The number of nitrogens with zero attached hydrogens (tertiary/aromatic N) is 3. The lowest BCUT2D eigenvalue weighted by molar-refractivity contribution is 0.317. The molecule has 0 fully saturated rings. The Labute approximate surface area is 199 Å². The van der Waals surface area contributed by atoms with E-state index in [1.165, 1.54) is 0 Å². The van der Waals surface area contributed by atoms with E-state index in [1.807, 2.05) is 80.6 Å². The van der Waals surface area contributed by atoms with E-state index in [0.29, 0.717) is 49.6 Å². The number of ether oxygens (including phenoxy) is 4. The quantitative estimate of drug-likeness (QED) is 0.480. The maximum Gasteiger partial charge on any atom is 0.236 e. The zero-order valence-corrected chi connectivity index (χ0v) is 19.3. The van der Waals surface area contributed by atoms with E-state index in [2.05, 4.69) is 0 Å². The maximum absolute atomic E-state index is 5.89. The van der Waals surface area contributed by atoms with E-state index in [0.717, 1.165) is 22.6 Å². The summed E-state index contributed by atoms with van der Waals surface area (Å²) in [5, 5.41) is 0. The standard InChI is InChI=1S/C27H27N3O4/c1-3-31-20-12-8-18(9-13-20)24-16-33-26(29-24)22-6-5-7-23(28-22)27-30-25(17-34-27)19-10-14-21(15-11-19)32-4-2/h5-15,24-25H,3-4,16-17H2,1-2H3/t24-,25-/m0/s1. The van der Waals surface area contributed by atoms with Crippen LogP contribution in [0.2, 0.25) is 0 Å². The van der Waals surface area contributed by atoms with E-state index < -0.39 is 0 Å². The van der Waals surface area contributed by atoms with Gasteiger partial charge in [0.1, 0.15) is 48.2 Å². The van der Waals surface area contributed by atoms with Gasteiger partial charge in [-0.2, -0.15) is 0 Å². The first-order valence-corrected chi connectivity index (χ1v) is 11.6. The topological polar surface area (TPSA) is 74.5 Å². The molecule has 0 aliphatic carbocycles. The van der Waals surface area contributed by atoms with Crippen LogP contribution in [-0.2, 0) is 9.47 Å². The Morgan fingerprint density at radius 1 is 0.676 bits per heavy atom. The Morgan fingerprint density at radius 2 is 1.12 bits per heavy atom. The van der Waals surface area contributed by atoms with E-state index in [4.69, 9.17) is 33.9 Å². The average Bonchev–Trinajstić information content (AvgIpc) is 3.57. The first-order chi connectivity index (χ1) is 16.7. The molecule has 3 aromatic rings. The van der Waals surface area contributed by atoms with Crippen LogP contribution in [0.5, 0.6) is 11.5 Å². The third-order valence-electron chi connectivity index (χ3n) is 5.64. The van der Waals surface area contributed by atoms with Crippen molar-refractivity contribution in [3.63, 3.8) is 0 Å². The first-order valence-electron chi connectivity index (χ1n) is 11.6. The molecule has 7 heteroatoms. The maximum atomic E-state index is 5.89. The van der Waals surface area contributed by atoms with Crippen LogP contribution >= 0.6 is 0 Å². The lowest BCUT2D eigenvalue weighted by Crippen LogP contribution is -2.09. The molecule has 0 spiro atoms. The first kappa shape index (κ1) is 21.9. The summed E-state index contributed by atoms with van der Waals surface area (Å²) in [5.74, 6) is 2.76. The summed E-state index contributed by atoms with van der Waals surface area (Å²) in [6, 6.07) is 21.5. The van der Waals surface area contributed by atoms with Crippen LogP contribution < -0.4 is 9.47 Å². The molecule has 7 nitrogen and oxygen atoms in total. The van der Waals surface area contributed by atoms with Crippen molar-refractivity contribution >= 4 is 11.8 Å². The Kier molecular flexibility index (Phi) is 6.42.